The number of aryl methyl sites for hydroxylation is 2. The lowest BCUT2D eigenvalue weighted by Gasteiger charge is -2.16. The van der Waals surface area contributed by atoms with Crippen LogP contribution in [-0.2, 0) is 11.3 Å². The van der Waals surface area contributed by atoms with Crippen LogP contribution in [0.2, 0.25) is 5.02 Å². The number of carbonyl (C=O) groups is 2. The monoisotopic (exact) mass is 482 g/mol. The van der Waals surface area contributed by atoms with Crippen LogP contribution >= 0.6 is 11.6 Å². The SMILES string of the molecule is CCOc1cc(CNc2ccc(C(=O)O)cc2C)cc(Cl)c1OCC(=O)Nc1ccc(C)cc1. The molecule has 0 saturated carbocycles. The van der Waals surface area contributed by atoms with Crippen LogP contribution in [0.15, 0.2) is 54.6 Å². The summed E-state index contributed by atoms with van der Waals surface area (Å²) in [5.74, 6) is -0.541. The van der Waals surface area contributed by atoms with Gasteiger partial charge in [0.1, 0.15) is 0 Å². The number of nitrogens with one attached hydrogen (secondary N) is 2. The molecule has 8 heteroatoms. The first kappa shape index (κ1) is 24.9. The highest BCUT2D eigenvalue weighted by Gasteiger charge is 2.15. The number of hydrogen-bond acceptors (Lipinski definition) is 5. The van der Waals surface area contributed by atoms with E-state index in [4.69, 9.17) is 26.2 Å². The Morgan fingerprint density at radius 2 is 1.74 bits per heavy atom. The van der Waals surface area contributed by atoms with Crippen molar-refractivity contribution in [3.05, 3.63) is 81.9 Å². The zero-order valence-corrected chi connectivity index (χ0v) is 20.0. The Balaban J connectivity index is 1.68. The van der Waals surface area contributed by atoms with Crippen LogP contribution < -0.4 is 20.1 Å². The second kappa shape index (κ2) is 11.4. The predicted octanol–water partition coefficient (Wildman–Crippen LogP) is 5.68. The molecule has 0 heterocycles. The predicted molar refractivity (Wildman–Crippen MR) is 133 cm³/mol. The van der Waals surface area contributed by atoms with Crippen LogP contribution in [0.5, 0.6) is 11.5 Å². The Morgan fingerprint density at radius 1 is 1.00 bits per heavy atom. The molecule has 0 aromatic heterocycles. The summed E-state index contributed by atoms with van der Waals surface area (Å²) in [5, 5.41) is 15.5. The zero-order valence-electron chi connectivity index (χ0n) is 19.3. The minimum absolute atomic E-state index is 0.222. The second-order valence-electron chi connectivity index (χ2n) is 7.73. The summed E-state index contributed by atoms with van der Waals surface area (Å²) in [4.78, 5) is 23.4. The number of carboxylic acid groups (broad SMARTS) is 1. The Morgan fingerprint density at radius 3 is 2.38 bits per heavy atom. The number of carboxylic acids is 1. The summed E-state index contributed by atoms with van der Waals surface area (Å²) in [6.45, 7) is 6.27. The average molecular weight is 483 g/mol. The van der Waals surface area contributed by atoms with Crippen molar-refractivity contribution in [3.63, 3.8) is 0 Å². The molecule has 0 radical (unpaired) electrons. The summed E-state index contributed by atoms with van der Waals surface area (Å²) in [7, 11) is 0. The van der Waals surface area contributed by atoms with Gasteiger partial charge in [0, 0.05) is 17.9 Å². The van der Waals surface area contributed by atoms with Gasteiger partial charge in [0.15, 0.2) is 18.1 Å². The molecular formula is C26H27ClN2O5. The normalized spacial score (nSPS) is 10.5. The van der Waals surface area contributed by atoms with Crippen molar-refractivity contribution in [1.82, 2.24) is 0 Å². The highest BCUT2D eigenvalue weighted by molar-refractivity contribution is 6.32. The van der Waals surface area contributed by atoms with Gasteiger partial charge < -0.3 is 25.2 Å². The maximum Gasteiger partial charge on any atom is 0.335 e. The Labute approximate surface area is 203 Å². The fourth-order valence-electron chi connectivity index (χ4n) is 3.29. The topological polar surface area (TPSA) is 96.9 Å². The number of anilines is 2. The summed E-state index contributed by atoms with van der Waals surface area (Å²) in [6.07, 6.45) is 0. The highest BCUT2D eigenvalue weighted by atomic mass is 35.5. The number of ether oxygens (including phenoxy) is 2. The highest BCUT2D eigenvalue weighted by Crippen LogP contribution is 2.37. The van der Waals surface area contributed by atoms with Crippen molar-refractivity contribution in [2.45, 2.75) is 27.3 Å². The third-order valence-corrected chi connectivity index (χ3v) is 5.29. The summed E-state index contributed by atoms with van der Waals surface area (Å²) in [5.41, 5.74) is 4.49. The Hall–Kier alpha value is -3.71. The summed E-state index contributed by atoms with van der Waals surface area (Å²) in [6, 6.07) is 15.9. The average Bonchev–Trinajstić information content (AvgIpc) is 2.79. The second-order valence-corrected chi connectivity index (χ2v) is 8.14. The molecule has 7 nitrogen and oxygen atoms in total. The van der Waals surface area contributed by atoms with E-state index in [1.54, 1.807) is 30.3 Å². The molecule has 0 bridgehead atoms. The minimum Gasteiger partial charge on any atom is -0.490 e. The third kappa shape index (κ3) is 6.65. The first-order valence-corrected chi connectivity index (χ1v) is 11.2. The van der Waals surface area contributed by atoms with Crippen molar-refractivity contribution in [2.24, 2.45) is 0 Å². The van der Waals surface area contributed by atoms with Crippen LogP contribution in [0.4, 0.5) is 11.4 Å². The fourth-order valence-corrected chi connectivity index (χ4v) is 3.58. The molecule has 0 aliphatic carbocycles. The maximum atomic E-state index is 12.3. The van der Waals surface area contributed by atoms with E-state index in [0.29, 0.717) is 35.4 Å². The van der Waals surface area contributed by atoms with Crippen molar-refractivity contribution in [2.75, 3.05) is 23.8 Å². The molecule has 0 fully saturated rings. The van der Waals surface area contributed by atoms with Crippen LogP contribution in [-0.4, -0.2) is 30.2 Å². The molecule has 0 aliphatic heterocycles. The van der Waals surface area contributed by atoms with Gasteiger partial charge in [-0.25, -0.2) is 4.79 Å². The van der Waals surface area contributed by atoms with Gasteiger partial charge in [-0.15, -0.1) is 0 Å². The number of rotatable bonds is 10. The molecule has 1 amide bonds. The third-order valence-electron chi connectivity index (χ3n) is 5.01. The number of hydrogen-bond donors (Lipinski definition) is 3. The van der Waals surface area contributed by atoms with Gasteiger partial charge in [-0.1, -0.05) is 29.3 Å². The number of aromatic carboxylic acids is 1. The van der Waals surface area contributed by atoms with Gasteiger partial charge in [-0.3, -0.25) is 4.79 Å². The molecule has 34 heavy (non-hydrogen) atoms. The van der Waals surface area contributed by atoms with Gasteiger partial charge >= 0.3 is 5.97 Å². The van der Waals surface area contributed by atoms with Crippen molar-refractivity contribution >= 4 is 34.9 Å². The first-order valence-electron chi connectivity index (χ1n) is 10.8. The van der Waals surface area contributed by atoms with Gasteiger partial charge in [0.2, 0.25) is 0 Å². The molecule has 0 saturated heterocycles. The van der Waals surface area contributed by atoms with Crippen LogP contribution in [0.3, 0.4) is 0 Å². The van der Waals surface area contributed by atoms with Crippen LogP contribution in [0.25, 0.3) is 0 Å². The molecule has 178 valence electrons. The first-order chi connectivity index (χ1) is 16.3. The van der Waals surface area contributed by atoms with Gasteiger partial charge in [-0.2, -0.15) is 0 Å². The van der Waals surface area contributed by atoms with E-state index in [2.05, 4.69) is 10.6 Å². The molecule has 3 aromatic carbocycles. The van der Waals surface area contributed by atoms with E-state index in [9.17, 15) is 9.59 Å². The van der Waals surface area contributed by atoms with E-state index in [0.717, 1.165) is 22.4 Å². The largest absolute Gasteiger partial charge is 0.490 e. The fraction of sp³-hybridized carbons (Fsp3) is 0.231. The van der Waals surface area contributed by atoms with Crippen molar-refractivity contribution < 1.29 is 24.2 Å². The van der Waals surface area contributed by atoms with Crippen LogP contribution in [0, 0.1) is 13.8 Å². The Kier molecular flexibility index (Phi) is 8.38. The van der Waals surface area contributed by atoms with E-state index < -0.39 is 5.97 Å². The van der Waals surface area contributed by atoms with Gasteiger partial charge in [0.25, 0.3) is 5.91 Å². The lowest BCUT2D eigenvalue weighted by atomic mass is 10.1. The van der Waals surface area contributed by atoms with E-state index in [1.807, 2.05) is 45.0 Å². The quantitative estimate of drug-likeness (QED) is 0.344. The number of benzene rings is 3. The summed E-state index contributed by atoms with van der Waals surface area (Å²) >= 11 is 6.47. The molecule has 0 atom stereocenters. The summed E-state index contributed by atoms with van der Waals surface area (Å²) < 4.78 is 11.4. The molecule has 3 aromatic rings. The van der Waals surface area contributed by atoms with Crippen LogP contribution in [0.1, 0.15) is 34.0 Å². The molecule has 0 aliphatic rings. The van der Waals surface area contributed by atoms with Crippen molar-refractivity contribution in [3.8, 4) is 11.5 Å². The molecule has 0 spiro atoms. The smallest absolute Gasteiger partial charge is 0.335 e. The number of carbonyl (C=O) groups excluding carboxylic acids is 1. The minimum atomic E-state index is -0.967. The lowest BCUT2D eigenvalue weighted by Crippen LogP contribution is -2.20. The number of amides is 1. The molecular weight excluding hydrogens is 456 g/mol. The molecule has 0 unspecified atom stereocenters. The lowest BCUT2D eigenvalue weighted by molar-refractivity contribution is -0.118. The van der Waals surface area contributed by atoms with Gasteiger partial charge in [0.05, 0.1) is 17.2 Å². The standard InChI is InChI=1S/C26H27ClN2O5/c1-4-33-23-13-18(14-28-22-10-7-19(26(31)32)11-17(22)3)12-21(27)25(23)34-15-24(30)29-20-8-5-16(2)6-9-20/h5-13,28H,4,14-15H2,1-3H3,(H,29,30)(H,31,32). The molecule has 3 rings (SSSR count). The van der Waals surface area contributed by atoms with Gasteiger partial charge in [-0.05, 0) is 74.4 Å². The maximum absolute atomic E-state index is 12.3. The van der Waals surface area contributed by atoms with Crippen molar-refractivity contribution in [1.29, 1.82) is 0 Å². The van der Waals surface area contributed by atoms with E-state index in [-0.39, 0.29) is 18.1 Å². The number of halogens is 1. The molecule has 3 N–H and O–H groups in total. The zero-order chi connectivity index (χ0) is 24.7. The van der Waals surface area contributed by atoms with E-state index in [1.165, 1.54) is 0 Å². The van der Waals surface area contributed by atoms with E-state index >= 15 is 0 Å². The Bertz CT molecular complexity index is 1180.